The number of aromatic nitrogens is 1. The molecule has 3 rings (SSSR count). The van der Waals surface area contributed by atoms with Crippen LogP contribution >= 0.6 is 23.4 Å². The van der Waals surface area contributed by atoms with Crippen LogP contribution in [0.25, 0.3) is 0 Å². The Balaban J connectivity index is 1.73. The van der Waals surface area contributed by atoms with Gasteiger partial charge < -0.3 is 14.6 Å². The third kappa shape index (κ3) is 4.67. The van der Waals surface area contributed by atoms with E-state index in [1.807, 2.05) is 30.5 Å². The number of halogens is 1. The number of hydrogen-bond acceptors (Lipinski definition) is 4. The third-order valence-electron chi connectivity index (χ3n) is 4.79. The average Bonchev–Trinajstić information content (AvgIpc) is 3.24. The van der Waals surface area contributed by atoms with Crippen LogP contribution in [-0.2, 0) is 16.1 Å². The van der Waals surface area contributed by atoms with Gasteiger partial charge in [0.25, 0.3) is 0 Å². The van der Waals surface area contributed by atoms with E-state index in [0.29, 0.717) is 22.9 Å². The van der Waals surface area contributed by atoms with E-state index >= 15 is 0 Å². The first-order chi connectivity index (χ1) is 13.0. The predicted octanol–water partition coefficient (Wildman–Crippen LogP) is 4.54. The number of nitriles is 1. The van der Waals surface area contributed by atoms with Crippen molar-refractivity contribution in [2.45, 2.75) is 44.2 Å². The number of thioether (sulfide) groups is 1. The minimum Gasteiger partial charge on any atom is -0.376 e. The van der Waals surface area contributed by atoms with Crippen LogP contribution in [0.5, 0.6) is 0 Å². The average molecular weight is 404 g/mol. The molecule has 1 fully saturated rings. The first-order valence-corrected chi connectivity index (χ1v) is 10.3. The van der Waals surface area contributed by atoms with E-state index in [1.54, 1.807) is 12.1 Å². The van der Waals surface area contributed by atoms with Crippen LogP contribution in [-0.4, -0.2) is 28.9 Å². The van der Waals surface area contributed by atoms with E-state index in [2.05, 4.69) is 11.4 Å². The highest BCUT2D eigenvalue weighted by Crippen LogP contribution is 2.29. The molecule has 7 heteroatoms. The van der Waals surface area contributed by atoms with Crippen LogP contribution < -0.4 is 5.32 Å². The van der Waals surface area contributed by atoms with Crippen LogP contribution in [0.4, 0.5) is 5.82 Å². The van der Waals surface area contributed by atoms with E-state index < -0.39 is 0 Å². The molecule has 1 aliphatic heterocycles. The maximum atomic E-state index is 12.5. The molecule has 1 atom stereocenters. The van der Waals surface area contributed by atoms with Gasteiger partial charge >= 0.3 is 0 Å². The Kier molecular flexibility index (Phi) is 6.48. The van der Waals surface area contributed by atoms with E-state index in [9.17, 15) is 10.1 Å². The Morgan fingerprint density at radius 1 is 1.41 bits per heavy atom. The lowest BCUT2D eigenvalue weighted by Gasteiger charge is -2.16. The van der Waals surface area contributed by atoms with Gasteiger partial charge in [-0.3, -0.25) is 4.79 Å². The van der Waals surface area contributed by atoms with Gasteiger partial charge in [-0.1, -0.05) is 11.6 Å². The molecule has 1 unspecified atom stereocenters. The molecule has 0 radical (unpaired) electrons. The smallest absolute Gasteiger partial charge is 0.235 e. The topological polar surface area (TPSA) is 67.0 Å². The molecular weight excluding hydrogens is 382 g/mol. The second kappa shape index (κ2) is 8.83. The Morgan fingerprint density at radius 2 is 2.15 bits per heavy atom. The fourth-order valence-electron chi connectivity index (χ4n) is 3.20. The van der Waals surface area contributed by atoms with Gasteiger partial charge in [-0.05, 0) is 56.5 Å². The number of rotatable bonds is 6. The second-order valence-electron chi connectivity index (χ2n) is 6.58. The van der Waals surface area contributed by atoms with Crippen LogP contribution in [0, 0.1) is 25.2 Å². The summed E-state index contributed by atoms with van der Waals surface area (Å²) in [6.45, 7) is 5.31. The van der Waals surface area contributed by atoms with Gasteiger partial charge in [-0.2, -0.15) is 5.26 Å². The zero-order chi connectivity index (χ0) is 19.4. The number of carbonyl (C=O) groups excluding carboxylic acids is 1. The van der Waals surface area contributed by atoms with E-state index in [1.165, 1.54) is 11.8 Å². The Hall–Kier alpha value is -1.94. The largest absolute Gasteiger partial charge is 0.376 e. The molecule has 0 bridgehead atoms. The first kappa shape index (κ1) is 19.8. The number of carbonyl (C=O) groups is 1. The summed E-state index contributed by atoms with van der Waals surface area (Å²) in [4.78, 5) is 13.5. The lowest BCUT2D eigenvalue weighted by molar-refractivity contribution is -0.113. The van der Waals surface area contributed by atoms with E-state index in [4.69, 9.17) is 16.3 Å². The fraction of sp³-hybridized carbons (Fsp3) is 0.400. The molecule has 1 aliphatic rings. The van der Waals surface area contributed by atoms with Crippen LogP contribution in [0.3, 0.4) is 0 Å². The molecule has 1 amide bonds. The maximum Gasteiger partial charge on any atom is 0.235 e. The lowest BCUT2D eigenvalue weighted by Crippen LogP contribution is -2.22. The number of nitrogens with zero attached hydrogens (tertiary/aromatic N) is 2. The summed E-state index contributed by atoms with van der Waals surface area (Å²) in [6, 6.07) is 9.61. The lowest BCUT2D eigenvalue weighted by atomic mass is 10.2. The standard InChI is InChI=1S/C20H22ClN3O2S/c1-13-14(2)24(11-16-4-3-9-26-16)20(18(13)10-22)23-19(25)12-27-17-7-5-15(21)6-8-17/h5-8,16H,3-4,9,11-12H2,1-2H3,(H,23,25). The van der Waals surface area contributed by atoms with Gasteiger partial charge in [0.2, 0.25) is 5.91 Å². The van der Waals surface area contributed by atoms with Crippen molar-refractivity contribution >= 4 is 35.1 Å². The molecule has 142 valence electrons. The van der Waals surface area contributed by atoms with Gasteiger partial charge in [0, 0.05) is 22.2 Å². The normalized spacial score (nSPS) is 16.3. The number of amides is 1. The molecule has 1 saturated heterocycles. The van der Waals surface area contributed by atoms with Gasteiger partial charge in [-0.25, -0.2) is 0 Å². The summed E-state index contributed by atoms with van der Waals surface area (Å²) >= 11 is 7.32. The molecule has 0 aliphatic carbocycles. The molecule has 2 heterocycles. The SMILES string of the molecule is Cc1c(C#N)c(NC(=O)CSc2ccc(Cl)cc2)n(CC2CCCO2)c1C. The highest BCUT2D eigenvalue weighted by molar-refractivity contribution is 8.00. The minimum atomic E-state index is -0.141. The maximum absolute atomic E-state index is 12.5. The number of benzene rings is 1. The molecule has 5 nitrogen and oxygen atoms in total. The molecule has 1 aromatic heterocycles. The van der Waals surface area contributed by atoms with Crippen LogP contribution in [0.2, 0.25) is 5.02 Å². The van der Waals surface area contributed by atoms with Crippen LogP contribution in [0.1, 0.15) is 29.7 Å². The third-order valence-corrected chi connectivity index (χ3v) is 6.06. The molecule has 1 aromatic carbocycles. The van der Waals surface area contributed by atoms with Gasteiger partial charge in [0.05, 0.1) is 24.0 Å². The van der Waals surface area contributed by atoms with E-state index in [-0.39, 0.29) is 17.8 Å². The van der Waals surface area contributed by atoms with Crippen molar-refractivity contribution in [2.75, 3.05) is 17.7 Å². The number of hydrogen-bond donors (Lipinski definition) is 1. The molecule has 27 heavy (non-hydrogen) atoms. The summed E-state index contributed by atoms with van der Waals surface area (Å²) < 4.78 is 7.75. The van der Waals surface area contributed by atoms with Crippen molar-refractivity contribution in [1.29, 1.82) is 5.26 Å². The van der Waals surface area contributed by atoms with Crippen molar-refractivity contribution in [2.24, 2.45) is 0 Å². The second-order valence-corrected chi connectivity index (χ2v) is 8.07. The van der Waals surface area contributed by atoms with Crippen molar-refractivity contribution in [3.8, 4) is 6.07 Å². The summed E-state index contributed by atoms with van der Waals surface area (Å²) in [5, 5.41) is 13.2. The summed E-state index contributed by atoms with van der Waals surface area (Å²) in [7, 11) is 0. The van der Waals surface area contributed by atoms with Gasteiger partial charge in [0.15, 0.2) is 0 Å². The molecule has 0 saturated carbocycles. The first-order valence-electron chi connectivity index (χ1n) is 8.89. The van der Waals surface area contributed by atoms with E-state index in [0.717, 1.165) is 35.6 Å². The van der Waals surface area contributed by atoms with Crippen molar-refractivity contribution in [3.05, 3.63) is 46.1 Å². The van der Waals surface area contributed by atoms with Crippen molar-refractivity contribution in [3.63, 3.8) is 0 Å². The zero-order valence-electron chi connectivity index (χ0n) is 15.4. The highest BCUT2D eigenvalue weighted by atomic mass is 35.5. The quantitative estimate of drug-likeness (QED) is 0.719. The summed E-state index contributed by atoms with van der Waals surface area (Å²) in [5.41, 5.74) is 2.41. The van der Waals surface area contributed by atoms with Crippen molar-refractivity contribution < 1.29 is 9.53 Å². The summed E-state index contributed by atoms with van der Waals surface area (Å²) in [6.07, 6.45) is 2.17. The Labute approximate surface area is 168 Å². The number of ether oxygens (including phenoxy) is 1. The Morgan fingerprint density at radius 3 is 2.78 bits per heavy atom. The van der Waals surface area contributed by atoms with Gasteiger partial charge in [0.1, 0.15) is 11.9 Å². The summed E-state index contributed by atoms with van der Waals surface area (Å²) in [5.74, 6) is 0.692. The fourth-order valence-corrected chi connectivity index (χ4v) is 4.02. The molecule has 1 N–H and O–H groups in total. The number of nitrogens with one attached hydrogen (secondary N) is 1. The highest BCUT2D eigenvalue weighted by Gasteiger charge is 2.23. The van der Waals surface area contributed by atoms with Gasteiger partial charge in [-0.15, -0.1) is 11.8 Å². The molecule has 2 aromatic rings. The molecule has 0 spiro atoms. The number of anilines is 1. The van der Waals surface area contributed by atoms with Crippen molar-refractivity contribution in [1.82, 2.24) is 4.57 Å². The minimum absolute atomic E-state index is 0.126. The monoisotopic (exact) mass is 403 g/mol. The Bertz CT molecular complexity index is 865. The molecular formula is C20H22ClN3O2S. The predicted molar refractivity (Wildman–Crippen MR) is 108 cm³/mol. The zero-order valence-corrected chi connectivity index (χ0v) is 17.0. The van der Waals surface area contributed by atoms with Crippen LogP contribution in [0.15, 0.2) is 29.2 Å².